The maximum Gasteiger partial charge on any atom is 0.247 e. The van der Waals surface area contributed by atoms with E-state index in [9.17, 15) is 9.59 Å². The molecule has 1 atom stereocenters. The molecular weight excluding hydrogens is 324 g/mol. The van der Waals surface area contributed by atoms with Crippen LogP contribution in [0.3, 0.4) is 0 Å². The van der Waals surface area contributed by atoms with Crippen LogP contribution in [0.1, 0.15) is 63.1 Å². The molecule has 4 heteroatoms. The zero-order chi connectivity index (χ0) is 18.5. The van der Waals surface area contributed by atoms with Crippen molar-refractivity contribution in [2.24, 2.45) is 5.92 Å². The second kappa shape index (κ2) is 8.52. The number of nitrogens with one attached hydrogen (secondary N) is 1. The molecule has 1 aromatic carbocycles. The predicted octanol–water partition coefficient (Wildman–Crippen LogP) is 3.78. The van der Waals surface area contributed by atoms with Crippen LogP contribution in [0.15, 0.2) is 35.9 Å². The summed E-state index contributed by atoms with van der Waals surface area (Å²) in [5.74, 6) is -0.111. The lowest BCUT2D eigenvalue weighted by molar-refractivity contribution is -0.143. The zero-order valence-corrected chi connectivity index (χ0v) is 16.0. The molecule has 0 bridgehead atoms. The van der Waals surface area contributed by atoms with Gasteiger partial charge in [0.1, 0.15) is 6.04 Å². The van der Waals surface area contributed by atoms with Crippen LogP contribution in [-0.4, -0.2) is 29.8 Å². The molecule has 140 valence electrons. The number of carbonyl (C=O) groups excluding carboxylic acids is 2. The monoisotopic (exact) mass is 354 g/mol. The number of hydrogen-bond acceptors (Lipinski definition) is 2. The Bertz CT molecular complexity index is 693. The minimum Gasteiger partial charge on any atom is -0.354 e. The Balaban J connectivity index is 1.72. The molecule has 0 spiro atoms. The Hall–Kier alpha value is -2.10. The predicted molar refractivity (Wildman–Crippen MR) is 104 cm³/mol. The number of fused-ring (bicyclic) bond motifs is 1. The van der Waals surface area contributed by atoms with Crippen LogP contribution in [0.5, 0.6) is 0 Å². The van der Waals surface area contributed by atoms with Crippen LogP contribution < -0.4 is 5.32 Å². The second-order valence-corrected chi connectivity index (χ2v) is 7.69. The molecule has 1 aromatic rings. The summed E-state index contributed by atoms with van der Waals surface area (Å²) in [4.78, 5) is 27.5. The summed E-state index contributed by atoms with van der Waals surface area (Å²) in [6.45, 7) is 5.05. The minimum atomic E-state index is -0.504. The summed E-state index contributed by atoms with van der Waals surface area (Å²) in [5, 5.41) is 3.09. The van der Waals surface area contributed by atoms with Crippen molar-refractivity contribution < 1.29 is 9.59 Å². The lowest BCUT2D eigenvalue weighted by atomic mass is 9.91. The number of benzene rings is 1. The van der Waals surface area contributed by atoms with Gasteiger partial charge in [0.05, 0.1) is 0 Å². The van der Waals surface area contributed by atoms with E-state index in [1.165, 1.54) is 24.0 Å². The van der Waals surface area contributed by atoms with Crippen LogP contribution >= 0.6 is 0 Å². The van der Waals surface area contributed by atoms with Gasteiger partial charge in [-0.15, -0.1) is 0 Å². The highest BCUT2D eigenvalue weighted by molar-refractivity contribution is 5.90. The van der Waals surface area contributed by atoms with Gasteiger partial charge in [-0.1, -0.05) is 49.8 Å². The zero-order valence-electron chi connectivity index (χ0n) is 16.0. The molecular formula is C22H30N2O2. The molecule has 0 radical (unpaired) electrons. The molecule has 0 saturated carbocycles. The molecule has 1 N–H and O–H groups in total. The molecule has 0 fully saturated rings. The van der Waals surface area contributed by atoms with Crippen molar-refractivity contribution >= 4 is 11.8 Å². The molecule has 1 heterocycles. The number of carbonyl (C=O) groups is 2. The highest BCUT2D eigenvalue weighted by Gasteiger charge is 2.36. The lowest BCUT2D eigenvalue weighted by Crippen LogP contribution is -2.48. The Kier molecular flexibility index (Phi) is 6.12. The van der Waals surface area contributed by atoms with E-state index in [1.54, 1.807) is 4.90 Å². The van der Waals surface area contributed by atoms with E-state index in [-0.39, 0.29) is 17.7 Å². The first-order chi connectivity index (χ1) is 12.6. The molecule has 1 aliphatic heterocycles. The summed E-state index contributed by atoms with van der Waals surface area (Å²) in [7, 11) is 0. The minimum absolute atomic E-state index is 0.0506. The van der Waals surface area contributed by atoms with Crippen molar-refractivity contribution in [3.05, 3.63) is 47.0 Å². The third kappa shape index (κ3) is 4.17. The quantitative estimate of drug-likeness (QED) is 0.818. The number of rotatable bonds is 5. The van der Waals surface area contributed by atoms with Gasteiger partial charge in [0.15, 0.2) is 0 Å². The largest absolute Gasteiger partial charge is 0.354 e. The number of amides is 2. The summed E-state index contributed by atoms with van der Waals surface area (Å²) >= 11 is 0. The van der Waals surface area contributed by atoms with Gasteiger partial charge in [-0.3, -0.25) is 9.59 Å². The smallest absolute Gasteiger partial charge is 0.247 e. The number of hydrogen-bond donors (Lipinski definition) is 1. The molecule has 0 aromatic heterocycles. The third-order valence-electron chi connectivity index (χ3n) is 5.44. The van der Waals surface area contributed by atoms with E-state index >= 15 is 0 Å². The standard InChI is InChI=1S/C22H30N2O2/c1-16(2)22(26)24-15-13-18-10-6-7-11-19(18)20(24)21(25)23-14-12-17-8-4-3-5-9-17/h6-8,10-11,16,20H,3-5,9,12-15H2,1-2H3,(H,23,25). The average Bonchev–Trinajstić information content (AvgIpc) is 2.67. The topological polar surface area (TPSA) is 49.4 Å². The van der Waals surface area contributed by atoms with Gasteiger partial charge in [-0.05, 0) is 49.7 Å². The van der Waals surface area contributed by atoms with E-state index in [4.69, 9.17) is 0 Å². The average molecular weight is 354 g/mol. The molecule has 2 amide bonds. The van der Waals surface area contributed by atoms with E-state index in [0.717, 1.165) is 31.2 Å². The van der Waals surface area contributed by atoms with E-state index in [2.05, 4.69) is 17.5 Å². The van der Waals surface area contributed by atoms with Crippen LogP contribution in [0.4, 0.5) is 0 Å². The van der Waals surface area contributed by atoms with Crippen molar-refractivity contribution in [3.8, 4) is 0 Å². The summed E-state index contributed by atoms with van der Waals surface area (Å²) in [5.41, 5.74) is 3.60. The first kappa shape index (κ1) is 18.7. The van der Waals surface area contributed by atoms with Gasteiger partial charge in [0, 0.05) is 19.0 Å². The summed E-state index contributed by atoms with van der Waals surface area (Å²) < 4.78 is 0. The van der Waals surface area contributed by atoms with Crippen molar-refractivity contribution in [1.82, 2.24) is 10.2 Å². The van der Waals surface area contributed by atoms with Crippen LogP contribution in [0, 0.1) is 5.92 Å². The fraction of sp³-hybridized carbons (Fsp3) is 0.545. The molecule has 1 unspecified atom stereocenters. The van der Waals surface area contributed by atoms with Gasteiger partial charge in [-0.2, -0.15) is 0 Å². The first-order valence-corrected chi connectivity index (χ1v) is 9.92. The second-order valence-electron chi connectivity index (χ2n) is 7.69. The van der Waals surface area contributed by atoms with Crippen molar-refractivity contribution in [1.29, 1.82) is 0 Å². The Morgan fingerprint density at radius 3 is 2.73 bits per heavy atom. The van der Waals surface area contributed by atoms with Gasteiger partial charge in [0.25, 0.3) is 0 Å². The number of allylic oxidation sites excluding steroid dienone is 1. The Morgan fingerprint density at radius 2 is 2.00 bits per heavy atom. The van der Waals surface area contributed by atoms with E-state index in [1.807, 2.05) is 32.0 Å². The van der Waals surface area contributed by atoms with Gasteiger partial charge in [0.2, 0.25) is 11.8 Å². The van der Waals surface area contributed by atoms with Crippen molar-refractivity contribution in [2.75, 3.05) is 13.1 Å². The Labute approximate surface area is 156 Å². The normalized spacial score (nSPS) is 19.7. The number of nitrogens with zero attached hydrogens (tertiary/aromatic N) is 1. The fourth-order valence-electron chi connectivity index (χ4n) is 3.99. The third-order valence-corrected chi connectivity index (χ3v) is 5.44. The molecule has 3 rings (SSSR count). The molecule has 0 saturated heterocycles. The van der Waals surface area contributed by atoms with Crippen LogP contribution in [0.2, 0.25) is 0 Å². The summed E-state index contributed by atoms with van der Waals surface area (Å²) in [6.07, 6.45) is 8.90. The SMILES string of the molecule is CC(C)C(=O)N1CCc2ccccc2C1C(=O)NCCC1=CCCCC1. The summed E-state index contributed by atoms with van der Waals surface area (Å²) in [6, 6.07) is 7.51. The van der Waals surface area contributed by atoms with Gasteiger partial charge >= 0.3 is 0 Å². The first-order valence-electron chi connectivity index (χ1n) is 9.92. The van der Waals surface area contributed by atoms with Gasteiger partial charge in [-0.25, -0.2) is 0 Å². The molecule has 26 heavy (non-hydrogen) atoms. The van der Waals surface area contributed by atoms with E-state index in [0.29, 0.717) is 13.1 Å². The van der Waals surface area contributed by atoms with Crippen LogP contribution in [-0.2, 0) is 16.0 Å². The highest BCUT2D eigenvalue weighted by atomic mass is 16.2. The lowest BCUT2D eigenvalue weighted by Gasteiger charge is -2.37. The fourth-order valence-corrected chi connectivity index (χ4v) is 3.99. The Morgan fingerprint density at radius 1 is 1.19 bits per heavy atom. The maximum atomic E-state index is 13.0. The molecule has 2 aliphatic rings. The van der Waals surface area contributed by atoms with Crippen molar-refractivity contribution in [2.45, 2.75) is 58.4 Å². The maximum absolute atomic E-state index is 13.0. The van der Waals surface area contributed by atoms with Crippen molar-refractivity contribution in [3.63, 3.8) is 0 Å². The van der Waals surface area contributed by atoms with Crippen LogP contribution in [0.25, 0.3) is 0 Å². The van der Waals surface area contributed by atoms with E-state index < -0.39 is 6.04 Å². The molecule has 1 aliphatic carbocycles. The molecule has 4 nitrogen and oxygen atoms in total. The van der Waals surface area contributed by atoms with Gasteiger partial charge < -0.3 is 10.2 Å². The highest BCUT2D eigenvalue weighted by Crippen LogP contribution is 2.31.